The summed E-state index contributed by atoms with van der Waals surface area (Å²) in [5, 5.41) is 3.91. The first kappa shape index (κ1) is 20.9. The second-order valence-electron chi connectivity index (χ2n) is 7.70. The van der Waals surface area contributed by atoms with Crippen LogP contribution < -0.4 is 10.2 Å². The van der Waals surface area contributed by atoms with Gasteiger partial charge in [0.15, 0.2) is 0 Å². The van der Waals surface area contributed by atoms with Gasteiger partial charge in [0.25, 0.3) is 5.91 Å². The Bertz CT molecular complexity index is 1040. The van der Waals surface area contributed by atoms with Gasteiger partial charge in [0.1, 0.15) is 11.4 Å². The molecule has 0 radical (unpaired) electrons. The Kier molecular flexibility index (Phi) is 6.37. The van der Waals surface area contributed by atoms with Gasteiger partial charge in [0, 0.05) is 6.20 Å². The number of pyridine rings is 1. The minimum atomic E-state index is -0.417. The number of hydrogen-bond acceptors (Lipinski definition) is 5. The van der Waals surface area contributed by atoms with Gasteiger partial charge in [0.05, 0.1) is 11.8 Å². The number of carbonyl (C=O) groups excluding carboxylic acids is 2. The molecular formula is C24H23N3O3. The molecule has 6 nitrogen and oxygen atoms in total. The summed E-state index contributed by atoms with van der Waals surface area (Å²) in [6.07, 6.45) is 3.04. The van der Waals surface area contributed by atoms with Crippen molar-refractivity contribution >= 4 is 18.1 Å². The summed E-state index contributed by atoms with van der Waals surface area (Å²) in [5.41, 5.74) is 5.11. The second kappa shape index (κ2) is 9.13. The molecule has 152 valence electrons. The lowest BCUT2D eigenvalue weighted by Crippen LogP contribution is -2.18. The number of benzene rings is 2. The standard InChI is InChI=1S/C24H23N3O3/c1-24(2,3)19-11-9-18(10-12-19)23(29)30-20-13-7-17(8-14-20)16-26-27-22(28)21-6-4-5-15-25-21/h4-16H,1-3H3,(H,27,28)/b26-16-. The molecule has 3 rings (SSSR count). The summed E-state index contributed by atoms with van der Waals surface area (Å²) in [6, 6.07) is 19.3. The summed E-state index contributed by atoms with van der Waals surface area (Å²) in [6.45, 7) is 6.36. The van der Waals surface area contributed by atoms with E-state index < -0.39 is 11.9 Å². The number of rotatable bonds is 5. The number of hydrazone groups is 1. The molecule has 0 aliphatic carbocycles. The van der Waals surface area contributed by atoms with E-state index in [-0.39, 0.29) is 11.1 Å². The van der Waals surface area contributed by atoms with Crippen molar-refractivity contribution in [1.29, 1.82) is 0 Å². The number of ether oxygens (including phenoxy) is 1. The fraction of sp³-hybridized carbons (Fsp3) is 0.167. The highest BCUT2D eigenvalue weighted by atomic mass is 16.5. The van der Waals surface area contributed by atoms with E-state index in [4.69, 9.17) is 4.74 Å². The van der Waals surface area contributed by atoms with Crippen molar-refractivity contribution in [1.82, 2.24) is 10.4 Å². The second-order valence-corrected chi connectivity index (χ2v) is 7.70. The molecule has 0 atom stereocenters. The SMILES string of the molecule is CC(C)(C)c1ccc(C(=O)Oc2ccc(/C=N\NC(=O)c3ccccn3)cc2)cc1. The fourth-order valence-corrected chi connectivity index (χ4v) is 2.61. The minimum Gasteiger partial charge on any atom is -0.423 e. The van der Waals surface area contributed by atoms with Crippen molar-refractivity contribution in [3.63, 3.8) is 0 Å². The highest BCUT2D eigenvalue weighted by Gasteiger charge is 2.15. The van der Waals surface area contributed by atoms with Gasteiger partial charge in [-0.25, -0.2) is 10.2 Å². The summed E-state index contributed by atoms with van der Waals surface area (Å²) >= 11 is 0. The largest absolute Gasteiger partial charge is 0.423 e. The molecule has 1 heterocycles. The smallest absolute Gasteiger partial charge is 0.343 e. The highest BCUT2D eigenvalue weighted by molar-refractivity contribution is 5.93. The zero-order valence-electron chi connectivity index (χ0n) is 17.1. The fourth-order valence-electron chi connectivity index (χ4n) is 2.61. The lowest BCUT2D eigenvalue weighted by atomic mass is 9.87. The van der Waals surface area contributed by atoms with E-state index in [2.05, 4.69) is 36.3 Å². The molecule has 1 amide bonds. The van der Waals surface area contributed by atoms with Crippen molar-refractivity contribution in [2.24, 2.45) is 5.10 Å². The third-order valence-corrected chi connectivity index (χ3v) is 4.35. The average Bonchev–Trinajstić information content (AvgIpc) is 2.75. The van der Waals surface area contributed by atoms with E-state index in [9.17, 15) is 9.59 Å². The van der Waals surface area contributed by atoms with Crippen LogP contribution in [0, 0.1) is 0 Å². The van der Waals surface area contributed by atoms with E-state index >= 15 is 0 Å². The van der Waals surface area contributed by atoms with Crippen LogP contribution >= 0.6 is 0 Å². The van der Waals surface area contributed by atoms with Crippen molar-refractivity contribution in [2.75, 3.05) is 0 Å². The Labute approximate surface area is 175 Å². The number of nitrogens with zero attached hydrogens (tertiary/aromatic N) is 2. The lowest BCUT2D eigenvalue weighted by Gasteiger charge is -2.18. The van der Waals surface area contributed by atoms with Gasteiger partial charge in [-0.2, -0.15) is 5.10 Å². The molecule has 1 aromatic heterocycles. The molecule has 0 unspecified atom stereocenters. The van der Waals surface area contributed by atoms with Crippen LogP contribution in [0.2, 0.25) is 0 Å². The Morgan fingerprint density at radius 3 is 2.27 bits per heavy atom. The van der Waals surface area contributed by atoms with Crippen LogP contribution in [0.25, 0.3) is 0 Å². The molecule has 2 aromatic carbocycles. The number of carbonyl (C=O) groups is 2. The monoisotopic (exact) mass is 401 g/mol. The van der Waals surface area contributed by atoms with Gasteiger partial charge in [-0.1, -0.05) is 39.0 Å². The number of hydrogen-bond donors (Lipinski definition) is 1. The molecule has 0 aliphatic rings. The Morgan fingerprint density at radius 1 is 0.967 bits per heavy atom. The van der Waals surface area contributed by atoms with Crippen LogP contribution in [-0.2, 0) is 5.41 Å². The summed E-state index contributed by atoms with van der Waals surface area (Å²) in [7, 11) is 0. The molecular weight excluding hydrogens is 378 g/mol. The maximum absolute atomic E-state index is 12.3. The molecule has 30 heavy (non-hydrogen) atoms. The van der Waals surface area contributed by atoms with Gasteiger partial charge in [-0.15, -0.1) is 0 Å². The zero-order valence-corrected chi connectivity index (χ0v) is 17.1. The summed E-state index contributed by atoms with van der Waals surface area (Å²) < 4.78 is 5.42. The van der Waals surface area contributed by atoms with Gasteiger partial charge in [-0.3, -0.25) is 9.78 Å². The molecule has 6 heteroatoms. The first-order chi connectivity index (χ1) is 14.3. The molecule has 3 aromatic rings. The van der Waals surface area contributed by atoms with Crippen molar-refractivity contribution < 1.29 is 14.3 Å². The Hall–Kier alpha value is -3.80. The molecule has 0 spiro atoms. The minimum absolute atomic E-state index is 0.0247. The zero-order chi connectivity index (χ0) is 21.6. The average molecular weight is 401 g/mol. The van der Waals surface area contributed by atoms with Crippen LogP contribution in [0.4, 0.5) is 0 Å². The predicted molar refractivity (Wildman–Crippen MR) is 116 cm³/mol. The predicted octanol–water partition coefficient (Wildman–Crippen LogP) is 4.36. The van der Waals surface area contributed by atoms with E-state index in [1.165, 1.54) is 12.4 Å². The number of aromatic nitrogens is 1. The van der Waals surface area contributed by atoms with Gasteiger partial charge >= 0.3 is 5.97 Å². The summed E-state index contributed by atoms with van der Waals surface area (Å²) in [5.74, 6) is -0.385. The molecule has 0 saturated heterocycles. The Morgan fingerprint density at radius 2 is 1.67 bits per heavy atom. The molecule has 0 bridgehead atoms. The van der Waals surface area contributed by atoms with Crippen LogP contribution in [0.15, 0.2) is 78.0 Å². The molecule has 0 fully saturated rings. The number of esters is 1. The maximum Gasteiger partial charge on any atom is 0.343 e. The Balaban J connectivity index is 1.56. The summed E-state index contributed by atoms with van der Waals surface area (Å²) in [4.78, 5) is 28.2. The maximum atomic E-state index is 12.3. The normalized spacial score (nSPS) is 11.3. The molecule has 1 N–H and O–H groups in total. The van der Waals surface area contributed by atoms with E-state index in [1.54, 1.807) is 54.6 Å². The quantitative estimate of drug-likeness (QED) is 0.298. The number of nitrogens with one attached hydrogen (secondary N) is 1. The van der Waals surface area contributed by atoms with Gasteiger partial charge < -0.3 is 4.74 Å². The third-order valence-electron chi connectivity index (χ3n) is 4.35. The van der Waals surface area contributed by atoms with Crippen molar-refractivity contribution in [3.05, 3.63) is 95.3 Å². The third kappa shape index (κ3) is 5.61. The topological polar surface area (TPSA) is 80.6 Å². The van der Waals surface area contributed by atoms with Crippen LogP contribution in [0.3, 0.4) is 0 Å². The highest BCUT2D eigenvalue weighted by Crippen LogP contribution is 2.22. The van der Waals surface area contributed by atoms with Crippen LogP contribution in [0.5, 0.6) is 5.75 Å². The lowest BCUT2D eigenvalue weighted by molar-refractivity contribution is 0.0734. The van der Waals surface area contributed by atoms with E-state index in [1.807, 2.05) is 12.1 Å². The number of amides is 1. The first-order valence-electron chi connectivity index (χ1n) is 9.50. The van der Waals surface area contributed by atoms with Crippen LogP contribution in [-0.4, -0.2) is 23.1 Å². The first-order valence-corrected chi connectivity index (χ1v) is 9.50. The van der Waals surface area contributed by atoms with Gasteiger partial charge in [-0.05, 0) is 65.1 Å². The van der Waals surface area contributed by atoms with Crippen molar-refractivity contribution in [3.8, 4) is 5.75 Å². The van der Waals surface area contributed by atoms with Crippen molar-refractivity contribution in [2.45, 2.75) is 26.2 Å². The van der Waals surface area contributed by atoms with E-state index in [0.717, 1.165) is 11.1 Å². The van der Waals surface area contributed by atoms with Gasteiger partial charge in [0.2, 0.25) is 0 Å². The molecule has 0 aliphatic heterocycles. The molecule has 0 saturated carbocycles. The van der Waals surface area contributed by atoms with E-state index in [0.29, 0.717) is 11.3 Å². The van der Waals surface area contributed by atoms with Crippen LogP contribution in [0.1, 0.15) is 52.7 Å².